The standard InChI is InChI=1S/C18H22N4OS/c1-4-11-22-16(14-9-10-14)19-20-18(22)24-12-13-5-7-15(8-6-13)17(23)21(2)3/h4-8,14H,1,9-12H2,2-3H3. The molecule has 1 aliphatic carbocycles. The molecule has 3 rings (SSSR count). The molecule has 0 N–H and O–H groups in total. The van der Waals surface area contributed by atoms with Gasteiger partial charge in [-0.3, -0.25) is 4.79 Å². The van der Waals surface area contributed by atoms with Crippen LogP contribution in [0.5, 0.6) is 0 Å². The monoisotopic (exact) mass is 342 g/mol. The van der Waals surface area contributed by atoms with Gasteiger partial charge < -0.3 is 9.47 Å². The van der Waals surface area contributed by atoms with E-state index >= 15 is 0 Å². The molecule has 1 aromatic heterocycles. The van der Waals surface area contributed by atoms with E-state index in [9.17, 15) is 4.79 Å². The molecule has 1 heterocycles. The average Bonchev–Trinajstić information content (AvgIpc) is 3.35. The molecule has 5 nitrogen and oxygen atoms in total. The van der Waals surface area contributed by atoms with E-state index in [4.69, 9.17) is 0 Å². The third kappa shape index (κ3) is 3.70. The van der Waals surface area contributed by atoms with E-state index in [1.807, 2.05) is 30.3 Å². The molecule has 126 valence electrons. The maximum atomic E-state index is 11.9. The predicted molar refractivity (Wildman–Crippen MR) is 96.2 cm³/mol. The van der Waals surface area contributed by atoms with E-state index in [2.05, 4.69) is 21.3 Å². The zero-order valence-electron chi connectivity index (χ0n) is 14.1. The number of rotatable bonds is 7. The molecule has 0 bridgehead atoms. The lowest BCUT2D eigenvalue weighted by atomic mass is 10.1. The first-order chi connectivity index (χ1) is 11.6. The van der Waals surface area contributed by atoms with Crippen LogP contribution in [0.4, 0.5) is 0 Å². The number of carbonyl (C=O) groups excluding carboxylic acids is 1. The Kier molecular flexibility index (Phi) is 5.04. The molecular weight excluding hydrogens is 320 g/mol. The van der Waals surface area contributed by atoms with Gasteiger partial charge >= 0.3 is 0 Å². The number of carbonyl (C=O) groups is 1. The summed E-state index contributed by atoms with van der Waals surface area (Å²) in [7, 11) is 3.52. The summed E-state index contributed by atoms with van der Waals surface area (Å²) in [5, 5.41) is 9.64. The van der Waals surface area contributed by atoms with Crippen molar-refractivity contribution in [2.75, 3.05) is 14.1 Å². The summed E-state index contributed by atoms with van der Waals surface area (Å²) in [5.41, 5.74) is 1.87. The van der Waals surface area contributed by atoms with Crippen molar-refractivity contribution in [2.45, 2.75) is 36.2 Å². The normalized spacial score (nSPS) is 13.8. The number of hydrogen-bond donors (Lipinski definition) is 0. The van der Waals surface area contributed by atoms with E-state index in [-0.39, 0.29) is 5.91 Å². The van der Waals surface area contributed by atoms with Gasteiger partial charge in [-0.05, 0) is 30.5 Å². The quantitative estimate of drug-likeness (QED) is 0.572. The zero-order valence-corrected chi connectivity index (χ0v) is 14.9. The lowest BCUT2D eigenvalue weighted by Crippen LogP contribution is -2.21. The number of hydrogen-bond acceptors (Lipinski definition) is 4. The molecule has 1 fully saturated rings. The van der Waals surface area contributed by atoms with Crippen LogP contribution in [-0.4, -0.2) is 39.7 Å². The highest BCUT2D eigenvalue weighted by molar-refractivity contribution is 7.98. The fourth-order valence-corrected chi connectivity index (χ4v) is 3.41. The SMILES string of the molecule is C=CCn1c(SCc2ccc(C(=O)N(C)C)cc2)nnc1C1CC1. The highest BCUT2D eigenvalue weighted by Gasteiger charge is 2.30. The van der Waals surface area contributed by atoms with Crippen molar-refractivity contribution >= 4 is 17.7 Å². The van der Waals surface area contributed by atoms with Crippen molar-refractivity contribution in [3.05, 3.63) is 53.9 Å². The van der Waals surface area contributed by atoms with Gasteiger partial charge in [0.1, 0.15) is 5.82 Å². The number of amides is 1. The molecule has 2 aromatic rings. The van der Waals surface area contributed by atoms with Crippen LogP contribution in [0.3, 0.4) is 0 Å². The largest absolute Gasteiger partial charge is 0.345 e. The molecular formula is C18H22N4OS. The van der Waals surface area contributed by atoms with Crippen molar-refractivity contribution in [3.8, 4) is 0 Å². The number of benzene rings is 1. The Morgan fingerprint density at radius 3 is 2.62 bits per heavy atom. The minimum atomic E-state index is 0.0222. The van der Waals surface area contributed by atoms with Gasteiger partial charge in [-0.2, -0.15) is 0 Å². The van der Waals surface area contributed by atoms with Gasteiger partial charge in [-0.25, -0.2) is 0 Å². The first-order valence-corrected chi connectivity index (χ1v) is 9.06. The topological polar surface area (TPSA) is 51.0 Å². The van der Waals surface area contributed by atoms with Crippen LogP contribution in [0.1, 0.15) is 40.5 Å². The van der Waals surface area contributed by atoms with Gasteiger partial charge in [-0.1, -0.05) is 30.0 Å². The molecule has 0 saturated heterocycles. The number of aromatic nitrogens is 3. The maximum Gasteiger partial charge on any atom is 0.253 e. The summed E-state index contributed by atoms with van der Waals surface area (Å²) >= 11 is 1.67. The molecule has 1 aliphatic rings. The van der Waals surface area contributed by atoms with Gasteiger partial charge in [-0.15, -0.1) is 16.8 Å². The summed E-state index contributed by atoms with van der Waals surface area (Å²) in [4.78, 5) is 13.5. The van der Waals surface area contributed by atoms with Gasteiger partial charge in [0.2, 0.25) is 0 Å². The molecule has 1 saturated carbocycles. The minimum Gasteiger partial charge on any atom is -0.345 e. The minimum absolute atomic E-state index is 0.0222. The van der Waals surface area contributed by atoms with Crippen molar-refractivity contribution in [1.29, 1.82) is 0 Å². The molecule has 1 amide bonds. The molecule has 0 aliphatic heterocycles. The molecule has 0 spiro atoms. The Hall–Kier alpha value is -2.08. The predicted octanol–water partition coefficient (Wildman–Crippen LogP) is 3.34. The second kappa shape index (κ2) is 7.21. The van der Waals surface area contributed by atoms with Crippen molar-refractivity contribution in [2.24, 2.45) is 0 Å². The molecule has 1 aromatic carbocycles. The smallest absolute Gasteiger partial charge is 0.253 e. The second-order valence-electron chi connectivity index (χ2n) is 6.20. The Morgan fingerprint density at radius 2 is 2.04 bits per heavy atom. The van der Waals surface area contributed by atoms with Gasteiger partial charge in [0.25, 0.3) is 5.91 Å². The van der Waals surface area contributed by atoms with Gasteiger partial charge in [0.05, 0.1) is 0 Å². The van der Waals surface area contributed by atoms with Crippen LogP contribution < -0.4 is 0 Å². The third-order valence-electron chi connectivity index (χ3n) is 3.97. The lowest BCUT2D eigenvalue weighted by molar-refractivity contribution is 0.0827. The van der Waals surface area contributed by atoms with Gasteiger partial charge in [0.15, 0.2) is 5.16 Å². The average molecular weight is 342 g/mol. The highest BCUT2D eigenvalue weighted by Crippen LogP contribution is 2.40. The van der Waals surface area contributed by atoms with Crippen LogP contribution in [0.15, 0.2) is 42.1 Å². The number of thioether (sulfide) groups is 1. The molecule has 0 atom stereocenters. The van der Waals surface area contributed by atoms with E-state index in [0.29, 0.717) is 11.5 Å². The summed E-state index contributed by atoms with van der Waals surface area (Å²) in [6, 6.07) is 7.75. The van der Waals surface area contributed by atoms with E-state index in [1.165, 1.54) is 12.8 Å². The number of nitrogens with zero attached hydrogens (tertiary/aromatic N) is 4. The van der Waals surface area contributed by atoms with Crippen LogP contribution in [0.2, 0.25) is 0 Å². The molecule has 6 heteroatoms. The first-order valence-electron chi connectivity index (χ1n) is 8.07. The third-order valence-corrected chi connectivity index (χ3v) is 5.01. The van der Waals surface area contributed by atoms with Crippen molar-refractivity contribution in [3.63, 3.8) is 0 Å². The lowest BCUT2D eigenvalue weighted by Gasteiger charge is -2.10. The van der Waals surface area contributed by atoms with Crippen LogP contribution in [-0.2, 0) is 12.3 Å². The summed E-state index contributed by atoms with van der Waals surface area (Å²) in [6.07, 6.45) is 4.31. The second-order valence-corrected chi connectivity index (χ2v) is 7.14. The zero-order chi connectivity index (χ0) is 17.1. The Morgan fingerprint density at radius 1 is 1.33 bits per heavy atom. The Bertz CT molecular complexity index is 732. The Labute approximate surface area is 146 Å². The fourth-order valence-electron chi connectivity index (χ4n) is 2.50. The molecule has 0 unspecified atom stereocenters. The molecule has 24 heavy (non-hydrogen) atoms. The number of allylic oxidation sites excluding steroid dienone is 1. The van der Waals surface area contributed by atoms with Crippen LogP contribution in [0.25, 0.3) is 0 Å². The maximum absolute atomic E-state index is 11.9. The van der Waals surface area contributed by atoms with Crippen LogP contribution >= 0.6 is 11.8 Å². The highest BCUT2D eigenvalue weighted by atomic mass is 32.2. The van der Waals surface area contributed by atoms with E-state index in [0.717, 1.165) is 28.8 Å². The van der Waals surface area contributed by atoms with Crippen LogP contribution in [0, 0.1) is 0 Å². The summed E-state index contributed by atoms with van der Waals surface area (Å²) in [5.74, 6) is 2.48. The molecule has 0 radical (unpaired) electrons. The van der Waals surface area contributed by atoms with E-state index < -0.39 is 0 Å². The summed E-state index contributed by atoms with van der Waals surface area (Å²) < 4.78 is 2.17. The Balaban J connectivity index is 1.67. The fraction of sp³-hybridized carbons (Fsp3) is 0.389. The van der Waals surface area contributed by atoms with Crippen molar-refractivity contribution < 1.29 is 4.79 Å². The van der Waals surface area contributed by atoms with Crippen molar-refractivity contribution in [1.82, 2.24) is 19.7 Å². The summed E-state index contributed by atoms with van der Waals surface area (Å²) in [6.45, 7) is 4.58. The van der Waals surface area contributed by atoms with Gasteiger partial charge in [0, 0.05) is 37.9 Å². The van der Waals surface area contributed by atoms with E-state index in [1.54, 1.807) is 30.8 Å². The first kappa shape index (κ1) is 16.8.